The Hall–Kier alpha value is -3.09. The summed E-state index contributed by atoms with van der Waals surface area (Å²) in [6, 6.07) is 8.65. The molecule has 0 unspecified atom stereocenters. The highest BCUT2D eigenvalue weighted by atomic mass is 16.5. The second-order valence-corrected chi connectivity index (χ2v) is 7.40. The number of benzene rings is 1. The van der Waals surface area contributed by atoms with E-state index in [1.807, 2.05) is 24.3 Å². The molecule has 3 amide bonds. The fourth-order valence-corrected chi connectivity index (χ4v) is 3.33. The van der Waals surface area contributed by atoms with Crippen molar-refractivity contribution in [3.8, 4) is 0 Å². The highest BCUT2D eigenvalue weighted by molar-refractivity contribution is 6.07. The molecule has 2 aromatic rings. The van der Waals surface area contributed by atoms with Crippen molar-refractivity contribution in [1.29, 1.82) is 0 Å². The normalized spacial score (nSPS) is 19.3. The maximum Gasteiger partial charge on any atom is 0.341 e. The SMILES string of the molecule is COC(=O)c1cc(CN2C(=O)N[C@](C)(c3ccc(C(C)C)cc3)C2=O)oc1C. The number of ether oxygens (including phenoxy) is 1. The number of aryl methyl sites for hydroxylation is 1. The van der Waals surface area contributed by atoms with Crippen LogP contribution in [-0.4, -0.2) is 29.9 Å². The van der Waals surface area contributed by atoms with Gasteiger partial charge in [-0.05, 0) is 37.0 Å². The number of rotatable bonds is 5. The molecule has 1 fully saturated rings. The van der Waals surface area contributed by atoms with Crippen LogP contribution < -0.4 is 5.32 Å². The van der Waals surface area contributed by atoms with E-state index in [9.17, 15) is 14.4 Å². The lowest BCUT2D eigenvalue weighted by Crippen LogP contribution is -2.40. The standard InChI is InChI=1S/C21H24N2O5/c1-12(2)14-6-8-15(9-7-14)21(4)19(25)23(20(26)22-21)11-16-10-17(13(3)28-16)18(24)27-5/h6-10,12H,11H2,1-5H3,(H,22,26)/t21-/m1/s1. The summed E-state index contributed by atoms with van der Waals surface area (Å²) in [5, 5.41) is 2.77. The Kier molecular flexibility index (Phi) is 5.02. The number of amides is 3. The third kappa shape index (κ3) is 3.28. The lowest BCUT2D eigenvalue weighted by atomic mass is 9.90. The molecule has 0 spiro atoms. The number of nitrogens with one attached hydrogen (secondary N) is 1. The molecular weight excluding hydrogens is 360 g/mol. The molecule has 1 saturated heterocycles. The summed E-state index contributed by atoms with van der Waals surface area (Å²) in [6.45, 7) is 7.43. The molecular formula is C21H24N2O5. The summed E-state index contributed by atoms with van der Waals surface area (Å²) in [6.07, 6.45) is 0. The molecule has 0 bridgehead atoms. The predicted octanol–water partition coefficient (Wildman–Crippen LogP) is 3.47. The maximum atomic E-state index is 13.1. The molecule has 0 saturated carbocycles. The van der Waals surface area contributed by atoms with Gasteiger partial charge in [-0.15, -0.1) is 0 Å². The molecule has 0 radical (unpaired) electrons. The fourth-order valence-electron chi connectivity index (χ4n) is 3.33. The molecule has 1 aromatic carbocycles. The van der Waals surface area contributed by atoms with Gasteiger partial charge in [-0.3, -0.25) is 9.69 Å². The Balaban J connectivity index is 1.84. The first-order valence-electron chi connectivity index (χ1n) is 9.09. The van der Waals surface area contributed by atoms with E-state index < -0.39 is 17.5 Å². The zero-order valence-corrected chi connectivity index (χ0v) is 16.7. The van der Waals surface area contributed by atoms with Crippen LogP contribution in [-0.2, 0) is 21.6 Å². The minimum absolute atomic E-state index is 0.0673. The second-order valence-electron chi connectivity index (χ2n) is 7.40. The van der Waals surface area contributed by atoms with E-state index in [0.29, 0.717) is 23.0 Å². The van der Waals surface area contributed by atoms with Crippen LogP contribution in [0.5, 0.6) is 0 Å². The van der Waals surface area contributed by atoms with Crippen molar-refractivity contribution in [2.45, 2.75) is 45.7 Å². The molecule has 1 atom stereocenters. The van der Waals surface area contributed by atoms with Gasteiger partial charge in [0.25, 0.3) is 5.91 Å². The van der Waals surface area contributed by atoms with Gasteiger partial charge in [0.2, 0.25) is 0 Å². The van der Waals surface area contributed by atoms with Crippen molar-refractivity contribution >= 4 is 17.9 Å². The quantitative estimate of drug-likeness (QED) is 0.630. The topological polar surface area (TPSA) is 88.9 Å². The largest absolute Gasteiger partial charge is 0.465 e. The molecule has 1 N–H and O–H groups in total. The van der Waals surface area contributed by atoms with Gasteiger partial charge >= 0.3 is 12.0 Å². The first-order chi connectivity index (χ1) is 13.2. The lowest BCUT2D eigenvalue weighted by Gasteiger charge is -2.22. The van der Waals surface area contributed by atoms with Crippen LogP contribution in [0.4, 0.5) is 4.79 Å². The Morgan fingerprint density at radius 1 is 1.25 bits per heavy atom. The Labute approximate surface area is 163 Å². The number of methoxy groups -OCH3 is 1. The van der Waals surface area contributed by atoms with E-state index in [2.05, 4.69) is 19.2 Å². The van der Waals surface area contributed by atoms with Crippen molar-refractivity contribution < 1.29 is 23.5 Å². The minimum atomic E-state index is -1.15. The molecule has 2 heterocycles. The van der Waals surface area contributed by atoms with Gasteiger partial charge in [0, 0.05) is 0 Å². The number of furan rings is 1. The number of nitrogens with zero attached hydrogens (tertiary/aromatic N) is 1. The summed E-state index contributed by atoms with van der Waals surface area (Å²) >= 11 is 0. The van der Waals surface area contributed by atoms with Crippen molar-refractivity contribution in [2.75, 3.05) is 7.11 Å². The Bertz CT molecular complexity index is 929. The molecule has 7 heteroatoms. The van der Waals surface area contributed by atoms with E-state index in [0.717, 1.165) is 10.5 Å². The van der Waals surface area contributed by atoms with Crippen LogP contribution in [0.1, 0.15) is 59.7 Å². The molecule has 1 aromatic heterocycles. The molecule has 0 aliphatic carbocycles. The average molecular weight is 384 g/mol. The summed E-state index contributed by atoms with van der Waals surface area (Å²) in [5.74, 6) is 0.184. The first-order valence-corrected chi connectivity index (χ1v) is 9.09. The highest BCUT2D eigenvalue weighted by Crippen LogP contribution is 2.31. The number of carbonyl (C=O) groups excluding carboxylic acids is 3. The zero-order chi connectivity index (χ0) is 20.6. The number of urea groups is 1. The van der Waals surface area contributed by atoms with Crippen molar-refractivity contribution in [1.82, 2.24) is 10.2 Å². The van der Waals surface area contributed by atoms with Crippen LogP contribution in [0.2, 0.25) is 0 Å². The number of hydrogen-bond acceptors (Lipinski definition) is 5. The van der Waals surface area contributed by atoms with E-state index in [1.165, 1.54) is 13.2 Å². The number of hydrogen-bond donors (Lipinski definition) is 1. The van der Waals surface area contributed by atoms with Gasteiger partial charge in [0.05, 0.1) is 13.7 Å². The predicted molar refractivity (Wildman–Crippen MR) is 102 cm³/mol. The molecule has 1 aliphatic rings. The summed E-state index contributed by atoms with van der Waals surface area (Å²) in [4.78, 5) is 38.4. The van der Waals surface area contributed by atoms with Crippen LogP contribution in [0, 0.1) is 6.92 Å². The first kappa shape index (κ1) is 19.7. The Morgan fingerprint density at radius 3 is 2.46 bits per heavy atom. The minimum Gasteiger partial charge on any atom is -0.465 e. The molecule has 7 nitrogen and oxygen atoms in total. The van der Waals surface area contributed by atoms with Gasteiger partial charge in [-0.2, -0.15) is 0 Å². The lowest BCUT2D eigenvalue weighted by molar-refractivity contribution is -0.131. The van der Waals surface area contributed by atoms with Crippen molar-refractivity contribution in [3.63, 3.8) is 0 Å². The third-order valence-electron chi connectivity index (χ3n) is 5.12. The Morgan fingerprint density at radius 2 is 1.89 bits per heavy atom. The van der Waals surface area contributed by atoms with Crippen molar-refractivity contribution in [2.24, 2.45) is 0 Å². The number of esters is 1. The van der Waals surface area contributed by atoms with Gasteiger partial charge in [0.15, 0.2) is 0 Å². The van der Waals surface area contributed by atoms with Gasteiger partial charge in [0.1, 0.15) is 22.6 Å². The van der Waals surface area contributed by atoms with Gasteiger partial charge in [-0.25, -0.2) is 9.59 Å². The molecule has 148 valence electrons. The molecule has 3 rings (SSSR count). The van der Waals surface area contributed by atoms with Crippen LogP contribution in [0.15, 0.2) is 34.7 Å². The second kappa shape index (κ2) is 7.14. The zero-order valence-electron chi connectivity index (χ0n) is 16.7. The van der Waals surface area contributed by atoms with Crippen LogP contribution in [0.25, 0.3) is 0 Å². The van der Waals surface area contributed by atoms with E-state index >= 15 is 0 Å². The monoisotopic (exact) mass is 384 g/mol. The van der Waals surface area contributed by atoms with E-state index in [1.54, 1.807) is 13.8 Å². The maximum absolute atomic E-state index is 13.1. The van der Waals surface area contributed by atoms with Gasteiger partial charge in [-0.1, -0.05) is 38.1 Å². The fraction of sp³-hybridized carbons (Fsp3) is 0.381. The van der Waals surface area contributed by atoms with E-state index in [4.69, 9.17) is 9.15 Å². The summed E-state index contributed by atoms with van der Waals surface area (Å²) in [7, 11) is 1.28. The number of carbonyl (C=O) groups is 3. The molecule has 1 aliphatic heterocycles. The summed E-state index contributed by atoms with van der Waals surface area (Å²) < 4.78 is 10.2. The highest BCUT2D eigenvalue weighted by Gasteiger charge is 2.49. The number of imide groups is 1. The smallest absolute Gasteiger partial charge is 0.341 e. The van der Waals surface area contributed by atoms with E-state index in [-0.39, 0.29) is 18.0 Å². The van der Waals surface area contributed by atoms with Crippen LogP contribution in [0.3, 0.4) is 0 Å². The molecule has 28 heavy (non-hydrogen) atoms. The van der Waals surface area contributed by atoms with Crippen molar-refractivity contribution in [3.05, 3.63) is 58.5 Å². The third-order valence-corrected chi connectivity index (χ3v) is 5.12. The van der Waals surface area contributed by atoms with Crippen LogP contribution >= 0.6 is 0 Å². The van der Waals surface area contributed by atoms with Gasteiger partial charge < -0.3 is 14.5 Å². The average Bonchev–Trinajstić information content (AvgIpc) is 3.14. The summed E-state index contributed by atoms with van der Waals surface area (Å²) in [5.41, 5.74) is 0.988.